The zero-order valence-electron chi connectivity index (χ0n) is 30.0. The molecular weight excluding hydrogens is 674 g/mol. The van der Waals surface area contributed by atoms with Crippen molar-refractivity contribution in [2.24, 2.45) is 0 Å². The molecule has 6 rings (SSSR count). The van der Waals surface area contributed by atoms with Crippen molar-refractivity contribution in [2.45, 2.75) is 45.6 Å². The number of alkyl halides is 3. The molecule has 0 unspecified atom stereocenters. The molecule has 0 N–H and O–H groups in total. The lowest BCUT2D eigenvalue weighted by molar-refractivity contribution is -0.145. The highest BCUT2D eigenvalue weighted by Gasteiger charge is 2.34. The number of rotatable bonds is 11. The van der Waals surface area contributed by atoms with Crippen LogP contribution in [0.5, 0.6) is 0 Å². The summed E-state index contributed by atoms with van der Waals surface area (Å²) in [5.41, 5.74) is 6.90. The van der Waals surface area contributed by atoms with Gasteiger partial charge in [0.1, 0.15) is 6.04 Å². The normalized spacial score (nSPS) is 14.3. The van der Waals surface area contributed by atoms with Crippen LogP contribution in [0.25, 0.3) is 17.3 Å². The Balaban J connectivity index is 1.27. The molecule has 272 valence electrons. The minimum atomic E-state index is -4.46. The van der Waals surface area contributed by atoms with E-state index in [0.29, 0.717) is 38.2 Å². The fraction of sp³-hybridized carbons (Fsp3) is 0.250. The predicted octanol–water partition coefficient (Wildman–Crippen LogP) is 8.38. The van der Waals surface area contributed by atoms with E-state index < -0.39 is 23.7 Å². The minimum Gasteiger partial charge on any atom is -0.338 e. The summed E-state index contributed by atoms with van der Waals surface area (Å²) in [4.78, 5) is 39.1. The Morgan fingerprint density at radius 3 is 2.09 bits per heavy atom. The van der Waals surface area contributed by atoms with Gasteiger partial charge in [-0.25, -0.2) is 0 Å². The number of hydrogen-bond donors (Lipinski definition) is 0. The number of pyridine rings is 1. The van der Waals surface area contributed by atoms with E-state index in [1.807, 2.05) is 77.7 Å². The number of piperazine rings is 1. The molecule has 2 heterocycles. The number of aromatic nitrogens is 1. The molecule has 0 spiro atoms. The number of carbonyl (C=O) groups is 2. The van der Waals surface area contributed by atoms with E-state index in [9.17, 15) is 22.8 Å². The van der Waals surface area contributed by atoms with Crippen molar-refractivity contribution >= 4 is 17.9 Å². The molecule has 1 aliphatic rings. The van der Waals surface area contributed by atoms with Gasteiger partial charge in [-0.15, -0.1) is 0 Å². The molecule has 1 fully saturated rings. The second-order valence-corrected chi connectivity index (χ2v) is 13.6. The van der Waals surface area contributed by atoms with Crippen LogP contribution in [0.3, 0.4) is 0 Å². The third-order valence-corrected chi connectivity index (χ3v) is 9.80. The molecule has 4 aromatic carbocycles. The molecular formula is C44H43F3N4O2. The van der Waals surface area contributed by atoms with Crippen molar-refractivity contribution in [1.82, 2.24) is 19.7 Å². The first kappa shape index (κ1) is 37.2. The summed E-state index contributed by atoms with van der Waals surface area (Å²) in [5.74, 6) is -0.553. The highest BCUT2D eigenvalue weighted by molar-refractivity contribution is 5.95. The summed E-state index contributed by atoms with van der Waals surface area (Å²) in [6.45, 7) is 7.61. The van der Waals surface area contributed by atoms with Gasteiger partial charge in [-0.1, -0.05) is 91.0 Å². The smallest absolute Gasteiger partial charge is 0.338 e. The molecule has 0 radical (unpaired) electrons. The Bertz CT molecular complexity index is 2010. The molecule has 9 heteroatoms. The quantitative estimate of drug-likeness (QED) is 0.129. The first-order valence-electron chi connectivity index (χ1n) is 17.8. The summed E-state index contributed by atoms with van der Waals surface area (Å²) >= 11 is 0. The van der Waals surface area contributed by atoms with Crippen LogP contribution < -0.4 is 0 Å². The van der Waals surface area contributed by atoms with Crippen molar-refractivity contribution in [3.63, 3.8) is 0 Å². The second-order valence-electron chi connectivity index (χ2n) is 13.6. The molecule has 5 aromatic rings. The molecule has 2 amide bonds. The number of hydrogen-bond acceptors (Lipinski definition) is 4. The van der Waals surface area contributed by atoms with Gasteiger partial charge in [0, 0.05) is 63.5 Å². The Hall–Kier alpha value is -5.54. The fourth-order valence-corrected chi connectivity index (χ4v) is 6.56. The van der Waals surface area contributed by atoms with Crippen molar-refractivity contribution < 1.29 is 22.8 Å². The standard InChI is InChI=1S/C44H43F3N4O2/c1-32-11-12-37(28-33(32)2)30-49-24-26-50(27-25-49)43(53)41(29-35-8-4-3-5-9-35)51(31-36-13-18-38(19-14-36)40-10-6-7-23-48-40)42(52)22-17-34-15-20-39(21-16-34)44(45,46)47/h3-23,28,41H,24-27,29-31H2,1-2H3/t41-/m0/s1. The number of benzene rings is 4. The van der Waals surface area contributed by atoms with Gasteiger partial charge in [-0.2, -0.15) is 13.2 Å². The second kappa shape index (κ2) is 16.9. The van der Waals surface area contributed by atoms with E-state index in [0.717, 1.165) is 41.1 Å². The number of carbonyl (C=O) groups excluding carboxylic acids is 2. The van der Waals surface area contributed by atoms with E-state index in [1.54, 1.807) is 11.1 Å². The van der Waals surface area contributed by atoms with Crippen LogP contribution in [0.4, 0.5) is 13.2 Å². The van der Waals surface area contributed by atoms with Gasteiger partial charge < -0.3 is 9.80 Å². The summed E-state index contributed by atoms with van der Waals surface area (Å²) < 4.78 is 39.6. The molecule has 0 saturated carbocycles. The Kier molecular flexibility index (Phi) is 11.8. The summed E-state index contributed by atoms with van der Waals surface area (Å²) in [5, 5.41) is 0. The predicted molar refractivity (Wildman–Crippen MR) is 202 cm³/mol. The van der Waals surface area contributed by atoms with Crippen LogP contribution in [0, 0.1) is 13.8 Å². The van der Waals surface area contributed by atoms with Gasteiger partial charge in [0.05, 0.1) is 11.3 Å². The number of aryl methyl sites for hydroxylation is 2. The van der Waals surface area contributed by atoms with Crippen molar-refractivity contribution in [2.75, 3.05) is 26.2 Å². The zero-order valence-corrected chi connectivity index (χ0v) is 30.0. The van der Waals surface area contributed by atoms with E-state index in [2.05, 4.69) is 41.9 Å². The molecule has 1 atom stereocenters. The SMILES string of the molecule is Cc1ccc(CN2CCN(C(=O)[C@H](Cc3ccccc3)N(Cc3ccc(-c4ccccn4)cc3)C(=O)C=Cc3ccc(C(F)(F)F)cc3)CC2)cc1C. The maximum Gasteiger partial charge on any atom is 0.416 e. The molecule has 6 nitrogen and oxygen atoms in total. The van der Waals surface area contributed by atoms with E-state index >= 15 is 0 Å². The first-order valence-corrected chi connectivity index (χ1v) is 17.8. The largest absolute Gasteiger partial charge is 0.416 e. The highest BCUT2D eigenvalue weighted by atomic mass is 19.4. The molecule has 0 aliphatic carbocycles. The maximum atomic E-state index is 14.6. The van der Waals surface area contributed by atoms with Crippen LogP contribution in [-0.4, -0.2) is 63.7 Å². The average Bonchev–Trinajstić information content (AvgIpc) is 3.17. The minimum absolute atomic E-state index is 0.138. The Morgan fingerprint density at radius 1 is 0.774 bits per heavy atom. The lowest BCUT2D eigenvalue weighted by Crippen LogP contribution is -2.56. The van der Waals surface area contributed by atoms with Crippen LogP contribution in [-0.2, 0) is 35.3 Å². The topological polar surface area (TPSA) is 56.8 Å². The lowest BCUT2D eigenvalue weighted by atomic mass is 10.0. The van der Waals surface area contributed by atoms with Gasteiger partial charge >= 0.3 is 6.18 Å². The molecule has 1 aromatic heterocycles. The number of amides is 2. The van der Waals surface area contributed by atoms with Crippen LogP contribution >= 0.6 is 0 Å². The van der Waals surface area contributed by atoms with Crippen molar-refractivity contribution in [3.05, 3.63) is 166 Å². The van der Waals surface area contributed by atoms with Crippen LogP contribution in [0.2, 0.25) is 0 Å². The van der Waals surface area contributed by atoms with E-state index in [-0.39, 0.29) is 12.5 Å². The van der Waals surface area contributed by atoms with Crippen molar-refractivity contribution in [1.29, 1.82) is 0 Å². The third-order valence-electron chi connectivity index (χ3n) is 9.80. The van der Waals surface area contributed by atoms with Crippen LogP contribution in [0.15, 0.2) is 128 Å². The Morgan fingerprint density at radius 2 is 1.45 bits per heavy atom. The molecule has 1 saturated heterocycles. The number of halogens is 3. The van der Waals surface area contributed by atoms with E-state index in [1.165, 1.54) is 41.0 Å². The summed E-state index contributed by atoms with van der Waals surface area (Å²) in [6.07, 6.45) is 0.411. The fourth-order valence-electron chi connectivity index (χ4n) is 6.56. The zero-order chi connectivity index (χ0) is 37.4. The maximum absolute atomic E-state index is 14.6. The highest BCUT2D eigenvalue weighted by Crippen LogP contribution is 2.29. The monoisotopic (exact) mass is 716 g/mol. The summed E-state index contributed by atoms with van der Waals surface area (Å²) in [7, 11) is 0. The molecule has 53 heavy (non-hydrogen) atoms. The first-order chi connectivity index (χ1) is 25.5. The Labute approximate surface area is 309 Å². The molecule has 1 aliphatic heterocycles. The lowest BCUT2D eigenvalue weighted by Gasteiger charge is -2.39. The van der Waals surface area contributed by atoms with Gasteiger partial charge in [0.2, 0.25) is 11.8 Å². The van der Waals surface area contributed by atoms with E-state index in [4.69, 9.17) is 0 Å². The average molecular weight is 717 g/mol. The molecule has 0 bridgehead atoms. The van der Waals surface area contributed by atoms with Gasteiger partial charge in [0.15, 0.2) is 0 Å². The summed E-state index contributed by atoms with van der Waals surface area (Å²) in [6, 6.07) is 33.4. The van der Waals surface area contributed by atoms with Gasteiger partial charge in [-0.3, -0.25) is 19.5 Å². The van der Waals surface area contributed by atoms with Crippen molar-refractivity contribution in [3.8, 4) is 11.3 Å². The van der Waals surface area contributed by atoms with Gasteiger partial charge in [0.25, 0.3) is 0 Å². The third kappa shape index (κ3) is 9.87. The number of nitrogens with zero attached hydrogens (tertiary/aromatic N) is 4. The van der Waals surface area contributed by atoms with Gasteiger partial charge in [-0.05, 0) is 77.6 Å². The van der Waals surface area contributed by atoms with Crippen LogP contribution in [0.1, 0.15) is 38.9 Å².